The minimum Gasteiger partial charge on any atom is -0.481 e. The summed E-state index contributed by atoms with van der Waals surface area (Å²) in [4.78, 5) is 35.0. The molecule has 4 N–H and O–H groups in total. The third-order valence-corrected chi connectivity index (χ3v) is 6.22. The van der Waals surface area contributed by atoms with Gasteiger partial charge in [0.1, 0.15) is 0 Å². The lowest BCUT2D eigenvalue weighted by Crippen LogP contribution is -2.20. The lowest BCUT2D eigenvalue weighted by Gasteiger charge is -2.16. The van der Waals surface area contributed by atoms with Gasteiger partial charge in [0.2, 0.25) is 7.37 Å². The molecule has 2 aromatic rings. The first-order chi connectivity index (χ1) is 11.8. The van der Waals surface area contributed by atoms with Crippen molar-refractivity contribution in [2.45, 2.75) is 25.7 Å². The molecule has 0 fully saturated rings. The molecular weight excluding hydrogens is 345 g/mol. The number of carbonyl (C=O) groups is 2. The molecule has 0 saturated heterocycles. The molecule has 0 amide bonds. The Morgan fingerprint density at radius 2 is 1.92 bits per heavy atom. The summed E-state index contributed by atoms with van der Waals surface area (Å²) < 4.78 is 12.3. The molecule has 2 unspecified atom stereocenters. The molecule has 0 saturated carbocycles. The maximum Gasteiger partial charge on any atom is 0.307 e. The maximum atomic E-state index is 12.3. The SMILES string of the molecule is O=C(O)CCC(CP(=O)(O)CCCc1c[nH]c2ccccc12)C(=O)O. The second-order valence-electron chi connectivity index (χ2n) is 6.18. The van der Waals surface area contributed by atoms with E-state index in [0.29, 0.717) is 12.8 Å². The molecule has 2 atom stereocenters. The summed E-state index contributed by atoms with van der Waals surface area (Å²) in [7, 11) is -3.63. The fraction of sp³-hybridized carbons (Fsp3) is 0.412. The molecule has 1 aromatic carbocycles. The van der Waals surface area contributed by atoms with E-state index in [1.54, 1.807) is 0 Å². The zero-order chi connectivity index (χ0) is 18.4. The number of H-pyrrole nitrogens is 1. The van der Waals surface area contributed by atoms with Gasteiger partial charge in [-0.3, -0.25) is 14.2 Å². The van der Waals surface area contributed by atoms with Gasteiger partial charge in [0.05, 0.1) is 5.92 Å². The molecule has 25 heavy (non-hydrogen) atoms. The second-order valence-corrected chi connectivity index (χ2v) is 8.69. The van der Waals surface area contributed by atoms with Gasteiger partial charge in [-0.2, -0.15) is 0 Å². The normalized spacial score (nSPS) is 14.9. The van der Waals surface area contributed by atoms with Crippen molar-refractivity contribution in [1.29, 1.82) is 0 Å². The first kappa shape index (κ1) is 19.2. The van der Waals surface area contributed by atoms with E-state index in [0.717, 1.165) is 16.5 Å². The number of aliphatic carboxylic acids is 2. The molecule has 1 aromatic heterocycles. The Morgan fingerprint density at radius 1 is 1.20 bits per heavy atom. The summed E-state index contributed by atoms with van der Waals surface area (Å²) in [6, 6.07) is 7.78. The van der Waals surface area contributed by atoms with Crippen molar-refractivity contribution in [1.82, 2.24) is 4.98 Å². The molecular formula is C17H22NO6P. The number of carboxylic acid groups (broad SMARTS) is 2. The molecule has 0 aliphatic heterocycles. The lowest BCUT2D eigenvalue weighted by molar-refractivity contribution is -0.142. The molecule has 2 rings (SSSR count). The minimum absolute atomic E-state index is 0.0172. The van der Waals surface area contributed by atoms with Crippen LogP contribution in [0.1, 0.15) is 24.8 Å². The van der Waals surface area contributed by atoms with Gasteiger partial charge in [-0.25, -0.2) is 0 Å². The van der Waals surface area contributed by atoms with Gasteiger partial charge in [0.15, 0.2) is 0 Å². The number of carboxylic acids is 2. The highest BCUT2D eigenvalue weighted by atomic mass is 31.2. The van der Waals surface area contributed by atoms with Crippen LogP contribution in [-0.2, 0) is 20.6 Å². The van der Waals surface area contributed by atoms with Crippen molar-refractivity contribution in [2.24, 2.45) is 5.92 Å². The molecule has 0 spiro atoms. The third kappa shape index (κ3) is 5.73. The van der Waals surface area contributed by atoms with Crippen molar-refractivity contribution in [2.75, 3.05) is 12.3 Å². The monoisotopic (exact) mass is 367 g/mol. The molecule has 136 valence electrons. The van der Waals surface area contributed by atoms with Crippen LogP contribution < -0.4 is 0 Å². The van der Waals surface area contributed by atoms with Gasteiger partial charge in [0, 0.05) is 35.8 Å². The lowest BCUT2D eigenvalue weighted by atomic mass is 10.1. The van der Waals surface area contributed by atoms with Gasteiger partial charge in [-0.05, 0) is 30.9 Å². The van der Waals surface area contributed by atoms with Crippen LogP contribution in [0.4, 0.5) is 0 Å². The highest BCUT2D eigenvalue weighted by Gasteiger charge is 2.29. The minimum atomic E-state index is -3.63. The average molecular weight is 367 g/mol. The van der Waals surface area contributed by atoms with E-state index in [-0.39, 0.29) is 25.2 Å². The van der Waals surface area contributed by atoms with Crippen LogP contribution in [0.25, 0.3) is 10.9 Å². The third-order valence-electron chi connectivity index (χ3n) is 4.19. The fourth-order valence-electron chi connectivity index (χ4n) is 2.88. The summed E-state index contributed by atoms with van der Waals surface area (Å²) in [6.07, 6.45) is 2.11. The number of aromatic amines is 1. The number of benzene rings is 1. The Morgan fingerprint density at radius 3 is 2.60 bits per heavy atom. The number of aromatic nitrogens is 1. The zero-order valence-corrected chi connectivity index (χ0v) is 14.6. The summed E-state index contributed by atoms with van der Waals surface area (Å²) in [6.45, 7) is 0. The van der Waals surface area contributed by atoms with E-state index in [1.807, 2.05) is 30.5 Å². The topological polar surface area (TPSA) is 128 Å². The highest BCUT2D eigenvalue weighted by molar-refractivity contribution is 7.58. The number of rotatable bonds is 10. The van der Waals surface area contributed by atoms with Crippen molar-refractivity contribution < 1.29 is 29.3 Å². The van der Waals surface area contributed by atoms with Gasteiger partial charge in [-0.1, -0.05) is 18.2 Å². The van der Waals surface area contributed by atoms with Crippen molar-refractivity contribution in [3.63, 3.8) is 0 Å². The van der Waals surface area contributed by atoms with Crippen molar-refractivity contribution in [3.05, 3.63) is 36.0 Å². The van der Waals surface area contributed by atoms with Crippen LogP contribution in [0.15, 0.2) is 30.5 Å². The number of hydrogen-bond acceptors (Lipinski definition) is 3. The van der Waals surface area contributed by atoms with Crippen molar-refractivity contribution in [3.8, 4) is 0 Å². The van der Waals surface area contributed by atoms with E-state index in [1.165, 1.54) is 0 Å². The number of nitrogens with one attached hydrogen (secondary N) is 1. The zero-order valence-electron chi connectivity index (χ0n) is 13.7. The summed E-state index contributed by atoms with van der Waals surface area (Å²) >= 11 is 0. The summed E-state index contributed by atoms with van der Waals surface area (Å²) in [5.74, 6) is -3.45. The Hall–Kier alpha value is -2.11. The Balaban J connectivity index is 1.90. The Labute approximate surface area is 145 Å². The maximum absolute atomic E-state index is 12.3. The van der Waals surface area contributed by atoms with Crippen molar-refractivity contribution >= 4 is 30.2 Å². The molecule has 1 heterocycles. The van der Waals surface area contributed by atoms with E-state index < -0.39 is 25.2 Å². The van der Waals surface area contributed by atoms with E-state index in [4.69, 9.17) is 10.2 Å². The van der Waals surface area contributed by atoms with E-state index in [9.17, 15) is 19.0 Å². The Bertz CT molecular complexity index is 799. The van der Waals surface area contributed by atoms with Crippen LogP contribution in [0.3, 0.4) is 0 Å². The van der Waals surface area contributed by atoms with Crippen LogP contribution in [0.2, 0.25) is 0 Å². The standard InChI is InChI=1S/C17H22NO6P/c19-16(20)8-7-13(17(21)22)11-25(23,24)9-3-4-12-10-18-15-6-2-1-5-14(12)15/h1-2,5-6,10,13,18H,3-4,7-9,11H2,(H,19,20)(H,21,22)(H,23,24). The largest absolute Gasteiger partial charge is 0.481 e. The van der Waals surface area contributed by atoms with Gasteiger partial charge < -0.3 is 20.1 Å². The molecule has 8 heteroatoms. The number of aryl methyl sites for hydroxylation is 1. The van der Waals surface area contributed by atoms with Crippen LogP contribution >= 0.6 is 7.37 Å². The van der Waals surface area contributed by atoms with Crippen LogP contribution in [-0.4, -0.2) is 44.4 Å². The van der Waals surface area contributed by atoms with Gasteiger partial charge >= 0.3 is 11.9 Å². The summed E-state index contributed by atoms with van der Waals surface area (Å²) in [5, 5.41) is 18.8. The van der Waals surface area contributed by atoms with Gasteiger partial charge in [0.25, 0.3) is 0 Å². The van der Waals surface area contributed by atoms with Crippen LogP contribution in [0.5, 0.6) is 0 Å². The van der Waals surface area contributed by atoms with E-state index >= 15 is 0 Å². The predicted octanol–water partition coefficient (Wildman–Crippen LogP) is 2.94. The smallest absolute Gasteiger partial charge is 0.307 e. The molecule has 7 nitrogen and oxygen atoms in total. The second kappa shape index (κ2) is 8.32. The van der Waals surface area contributed by atoms with E-state index in [2.05, 4.69) is 4.98 Å². The fourth-order valence-corrected chi connectivity index (χ4v) is 4.74. The summed E-state index contributed by atoms with van der Waals surface area (Å²) in [5.41, 5.74) is 2.06. The van der Waals surface area contributed by atoms with Gasteiger partial charge in [-0.15, -0.1) is 0 Å². The molecule has 0 aliphatic carbocycles. The Kier molecular flexibility index (Phi) is 6.39. The number of fused-ring (bicyclic) bond motifs is 1. The highest BCUT2D eigenvalue weighted by Crippen LogP contribution is 2.44. The first-order valence-corrected chi connectivity index (χ1v) is 10.1. The van der Waals surface area contributed by atoms with Crippen LogP contribution in [0, 0.1) is 5.92 Å². The average Bonchev–Trinajstić information content (AvgIpc) is 2.94. The molecule has 0 radical (unpaired) electrons. The quantitative estimate of drug-likeness (QED) is 0.478. The molecule has 0 bridgehead atoms. The molecule has 0 aliphatic rings. The predicted molar refractivity (Wildman–Crippen MR) is 94.2 cm³/mol. The first-order valence-electron chi connectivity index (χ1n) is 8.09. The number of para-hydroxylation sites is 1. The number of hydrogen-bond donors (Lipinski definition) is 4.